The topological polar surface area (TPSA) is 61.4 Å². The molecule has 0 saturated heterocycles. The molecule has 0 radical (unpaired) electrons. The minimum atomic E-state index is 0.181. The van der Waals surface area contributed by atoms with Crippen LogP contribution in [-0.4, -0.2) is 11.7 Å². The third kappa shape index (κ3) is 5.97. The van der Waals surface area contributed by atoms with Gasteiger partial charge in [-0.05, 0) is 117 Å². The smallest absolute Gasteiger partial charge is 0.154 e. The van der Waals surface area contributed by atoms with Gasteiger partial charge >= 0.3 is 0 Å². The van der Waals surface area contributed by atoms with Crippen LogP contribution in [0, 0.1) is 5.41 Å². The van der Waals surface area contributed by atoms with Gasteiger partial charge in [0, 0.05) is 28.4 Å². The molecule has 1 aromatic heterocycles. The van der Waals surface area contributed by atoms with E-state index in [0.717, 1.165) is 57.0 Å². The van der Waals surface area contributed by atoms with Crippen molar-refractivity contribution in [2.75, 3.05) is 0 Å². The first-order valence-electron chi connectivity index (χ1n) is 19.2. The Bertz CT molecular complexity index is 2940. The van der Waals surface area contributed by atoms with E-state index in [1.807, 2.05) is 54.6 Å². The summed E-state index contributed by atoms with van der Waals surface area (Å²) in [6, 6.07) is 57.2. The van der Waals surface area contributed by atoms with Crippen molar-refractivity contribution in [3.05, 3.63) is 192 Å². The lowest BCUT2D eigenvalue weighted by atomic mass is 9.82. The van der Waals surface area contributed by atoms with E-state index >= 15 is 0 Å². The molecule has 264 valence electrons. The maximum absolute atomic E-state index is 9.31. The number of furan rings is 1. The second-order valence-electron chi connectivity index (χ2n) is 14.5. The number of hydrogen-bond acceptors (Lipinski definition) is 2. The molecule has 0 fully saturated rings. The average Bonchev–Trinajstić information content (AvgIpc) is 3.64. The van der Waals surface area contributed by atoms with Crippen LogP contribution in [0.25, 0.3) is 65.7 Å². The van der Waals surface area contributed by atoms with Crippen molar-refractivity contribution in [1.82, 2.24) is 5.32 Å². The molecule has 0 atom stereocenters. The first-order valence-corrected chi connectivity index (χ1v) is 19.2. The van der Waals surface area contributed by atoms with Gasteiger partial charge in [-0.15, -0.1) is 0 Å². The van der Waals surface area contributed by atoms with Gasteiger partial charge in [-0.25, -0.2) is 4.99 Å². The standard InChI is InChI=1S/C51H39N3O/c52-50(54-51(34-16-5-2-6-17-34)53-32-37-18-7-8-19-38(37)33-14-3-1-4-15-33)36-27-29-47-46(31-36)49-39(24-13-25-48(49)55-47)35-26-28-44-42-22-10-9-20-40(42)41-21-11-12-23-43(41)45(44)30-35/h1-10,13-20,22,24-31H,11-12,21,23,32H2,(H2,52,53,54). The molecule has 0 aliphatic heterocycles. The van der Waals surface area contributed by atoms with Gasteiger partial charge in [0.1, 0.15) is 17.0 Å². The van der Waals surface area contributed by atoms with Crippen LogP contribution in [0.5, 0.6) is 0 Å². The molecule has 1 aliphatic rings. The molecular weight excluding hydrogens is 671 g/mol. The summed E-state index contributed by atoms with van der Waals surface area (Å²) < 4.78 is 6.45. The molecule has 4 nitrogen and oxygen atoms in total. The number of aliphatic imine (C=N–C) groups is 1. The predicted molar refractivity (Wildman–Crippen MR) is 229 cm³/mol. The largest absolute Gasteiger partial charge is 0.456 e. The van der Waals surface area contributed by atoms with Crippen molar-refractivity contribution in [1.29, 1.82) is 5.41 Å². The fraction of sp³-hybridized carbons (Fsp3) is 0.0980. The Labute approximate surface area is 320 Å². The zero-order valence-corrected chi connectivity index (χ0v) is 30.5. The van der Waals surface area contributed by atoms with E-state index in [9.17, 15) is 5.41 Å². The van der Waals surface area contributed by atoms with E-state index in [1.54, 1.807) is 0 Å². The maximum atomic E-state index is 9.31. The number of nitrogens with one attached hydrogen (secondary N) is 2. The van der Waals surface area contributed by atoms with Crippen LogP contribution in [0.4, 0.5) is 0 Å². The second-order valence-corrected chi connectivity index (χ2v) is 14.5. The van der Waals surface area contributed by atoms with Gasteiger partial charge in [-0.2, -0.15) is 0 Å². The van der Waals surface area contributed by atoms with Crippen molar-refractivity contribution in [2.24, 2.45) is 4.99 Å². The van der Waals surface area contributed by atoms with Crippen LogP contribution in [0.1, 0.15) is 40.7 Å². The zero-order chi connectivity index (χ0) is 36.7. The summed E-state index contributed by atoms with van der Waals surface area (Å²) in [6.07, 6.45) is 4.73. The number of benzene rings is 8. The molecule has 0 saturated carbocycles. The quantitative estimate of drug-likeness (QED) is 0.103. The van der Waals surface area contributed by atoms with E-state index in [-0.39, 0.29) is 5.84 Å². The number of nitrogens with zero attached hydrogens (tertiary/aromatic N) is 1. The molecule has 9 aromatic rings. The van der Waals surface area contributed by atoms with E-state index in [4.69, 9.17) is 9.41 Å². The second kappa shape index (κ2) is 13.9. The van der Waals surface area contributed by atoms with Gasteiger partial charge < -0.3 is 9.73 Å². The van der Waals surface area contributed by atoms with Crippen molar-refractivity contribution >= 4 is 55.2 Å². The lowest BCUT2D eigenvalue weighted by Crippen LogP contribution is -2.25. The highest BCUT2D eigenvalue weighted by Crippen LogP contribution is 2.42. The van der Waals surface area contributed by atoms with Gasteiger partial charge in [0.15, 0.2) is 5.84 Å². The number of amidine groups is 2. The Hall–Kier alpha value is -6.78. The highest BCUT2D eigenvalue weighted by molar-refractivity contribution is 6.17. The molecule has 10 rings (SSSR count). The van der Waals surface area contributed by atoms with E-state index in [0.29, 0.717) is 12.4 Å². The van der Waals surface area contributed by atoms with Crippen molar-refractivity contribution < 1.29 is 4.42 Å². The highest BCUT2D eigenvalue weighted by Gasteiger charge is 2.20. The number of hydrogen-bond donors (Lipinski definition) is 2. The first kappa shape index (κ1) is 32.8. The van der Waals surface area contributed by atoms with Crippen LogP contribution in [-0.2, 0) is 19.4 Å². The van der Waals surface area contributed by atoms with E-state index < -0.39 is 0 Å². The third-order valence-corrected chi connectivity index (χ3v) is 11.3. The Morgan fingerprint density at radius 3 is 2.05 bits per heavy atom. The van der Waals surface area contributed by atoms with Crippen molar-refractivity contribution in [3.8, 4) is 22.3 Å². The van der Waals surface area contributed by atoms with Gasteiger partial charge in [-0.3, -0.25) is 5.41 Å². The number of aryl methyl sites for hydroxylation is 2. The molecule has 0 amide bonds. The summed E-state index contributed by atoms with van der Waals surface area (Å²) in [7, 11) is 0. The van der Waals surface area contributed by atoms with Gasteiger partial charge in [0.2, 0.25) is 0 Å². The van der Waals surface area contributed by atoms with Crippen LogP contribution in [0.3, 0.4) is 0 Å². The molecule has 2 N–H and O–H groups in total. The van der Waals surface area contributed by atoms with Crippen LogP contribution in [0.15, 0.2) is 173 Å². The molecular formula is C51H39N3O. The molecule has 1 heterocycles. The predicted octanol–water partition coefficient (Wildman–Crippen LogP) is 12.7. The number of rotatable bonds is 6. The molecule has 8 aromatic carbocycles. The minimum Gasteiger partial charge on any atom is -0.456 e. The summed E-state index contributed by atoms with van der Waals surface area (Å²) >= 11 is 0. The lowest BCUT2D eigenvalue weighted by molar-refractivity contribution is 0.669. The Morgan fingerprint density at radius 2 is 1.22 bits per heavy atom. The van der Waals surface area contributed by atoms with Crippen LogP contribution in [0.2, 0.25) is 0 Å². The molecule has 0 spiro atoms. The normalized spacial score (nSPS) is 13.1. The Morgan fingerprint density at radius 1 is 0.527 bits per heavy atom. The molecule has 1 aliphatic carbocycles. The van der Waals surface area contributed by atoms with Crippen molar-refractivity contribution in [3.63, 3.8) is 0 Å². The van der Waals surface area contributed by atoms with Gasteiger partial charge in [0.05, 0.1) is 0 Å². The Balaban J connectivity index is 1.04. The molecule has 0 bridgehead atoms. The van der Waals surface area contributed by atoms with Crippen molar-refractivity contribution in [2.45, 2.75) is 32.2 Å². The summed E-state index contributed by atoms with van der Waals surface area (Å²) in [6.45, 7) is 0.561. The zero-order valence-electron chi connectivity index (χ0n) is 30.5. The molecule has 4 heteroatoms. The Kier molecular flexibility index (Phi) is 8.29. The summed E-state index contributed by atoms with van der Waals surface area (Å²) in [5.41, 5.74) is 12.1. The summed E-state index contributed by atoms with van der Waals surface area (Å²) in [5.74, 6) is 0.832. The van der Waals surface area contributed by atoms with Crippen LogP contribution < -0.4 is 5.32 Å². The van der Waals surface area contributed by atoms with Crippen LogP contribution >= 0.6 is 0 Å². The summed E-state index contributed by atoms with van der Waals surface area (Å²) in [4.78, 5) is 4.94. The average molecular weight is 710 g/mol. The van der Waals surface area contributed by atoms with E-state index in [2.05, 4.69) is 115 Å². The summed E-state index contributed by atoms with van der Waals surface area (Å²) in [5, 5.41) is 20.4. The maximum Gasteiger partial charge on any atom is 0.154 e. The van der Waals surface area contributed by atoms with E-state index in [1.165, 1.54) is 62.2 Å². The van der Waals surface area contributed by atoms with Gasteiger partial charge in [0.25, 0.3) is 0 Å². The molecule has 0 unspecified atom stereocenters. The number of fused-ring (bicyclic) bond motifs is 9. The van der Waals surface area contributed by atoms with Gasteiger partial charge in [-0.1, -0.05) is 133 Å². The fourth-order valence-corrected chi connectivity index (χ4v) is 8.62. The third-order valence-electron chi connectivity index (χ3n) is 11.3. The first-order chi connectivity index (χ1) is 27.2. The SMILES string of the molecule is N=C(N=C(NCc1ccccc1-c1ccccc1)c1ccccc1)c1ccc2oc3cccc(-c4ccc5c(c4)c4c(c6ccccc65)CCCC4)c3c2c1. The highest BCUT2D eigenvalue weighted by atomic mass is 16.3. The minimum absolute atomic E-state index is 0.181. The lowest BCUT2D eigenvalue weighted by Gasteiger charge is -2.22. The molecule has 55 heavy (non-hydrogen) atoms. The monoisotopic (exact) mass is 709 g/mol. The fourth-order valence-electron chi connectivity index (χ4n) is 8.62.